The highest BCUT2D eigenvalue weighted by atomic mass is 32.1. The Hall–Kier alpha value is -1.98. The molecule has 0 unspecified atom stereocenters. The Labute approximate surface area is 147 Å². The van der Waals surface area contributed by atoms with E-state index in [9.17, 15) is 4.79 Å². The average Bonchev–Trinajstić information content (AvgIpc) is 3.24. The topological polar surface area (TPSA) is 36.4 Å². The maximum absolute atomic E-state index is 12.5. The maximum Gasteiger partial charge on any atom is 0.247 e. The molecule has 1 saturated heterocycles. The fraction of sp³-hybridized carbons (Fsp3) is 0.368. The fourth-order valence-corrected chi connectivity index (χ4v) is 3.68. The second-order valence-electron chi connectivity index (χ2n) is 6.37. The van der Waals surface area contributed by atoms with Gasteiger partial charge in [0.15, 0.2) is 0 Å². The van der Waals surface area contributed by atoms with Crippen molar-refractivity contribution >= 4 is 23.3 Å². The van der Waals surface area contributed by atoms with Gasteiger partial charge in [-0.3, -0.25) is 9.78 Å². The Morgan fingerprint density at radius 3 is 2.96 bits per heavy atom. The molecule has 0 saturated carbocycles. The summed E-state index contributed by atoms with van der Waals surface area (Å²) in [6, 6.07) is 8.29. The summed E-state index contributed by atoms with van der Waals surface area (Å²) in [5.41, 5.74) is 2.19. The van der Waals surface area contributed by atoms with Crippen LogP contribution in [0.5, 0.6) is 0 Å². The Kier molecular flexibility index (Phi) is 5.43. The van der Waals surface area contributed by atoms with E-state index in [1.807, 2.05) is 48.8 Å². The molecular weight excluding hydrogens is 318 g/mol. The summed E-state index contributed by atoms with van der Waals surface area (Å²) in [6.45, 7) is 1.68. The molecule has 5 heteroatoms. The van der Waals surface area contributed by atoms with Crippen LogP contribution in [0.4, 0.5) is 0 Å². The van der Waals surface area contributed by atoms with Crippen LogP contribution in [0.25, 0.3) is 6.08 Å². The number of aromatic nitrogens is 1. The third-order valence-electron chi connectivity index (χ3n) is 4.16. The second kappa shape index (κ2) is 7.73. The number of amides is 1. The largest absolute Gasteiger partial charge is 0.331 e. The average molecular weight is 341 g/mol. The minimum atomic E-state index is 0.0741. The Balaban J connectivity index is 1.69. The van der Waals surface area contributed by atoms with E-state index in [-0.39, 0.29) is 11.9 Å². The first-order chi connectivity index (χ1) is 11.6. The molecule has 3 rings (SSSR count). The molecule has 1 aliphatic rings. The van der Waals surface area contributed by atoms with Gasteiger partial charge < -0.3 is 9.80 Å². The molecule has 0 aliphatic carbocycles. The van der Waals surface area contributed by atoms with Gasteiger partial charge in [-0.1, -0.05) is 12.1 Å². The van der Waals surface area contributed by atoms with Crippen LogP contribution >= 0.6 is 11.3 Å². The summed E-state index contributed by atoms with van der Waals surface area (Å²) in [7, 11) is 4.09. The van der Waals surface area contributed by atoms with Gasteiger partial charge in [-0.2, -0.15) is 0 Å². The summed E-state index contributed by atoms with van der Waals surface area (Å²) in [4.78, 5) is 22.3. The summed E-state index contributed by atoms with van der Waals surface area (Å²) in [5.74, 6) is 0.0741. The predicted molar refractivity (Wildman–Crippen MR) is 98.7 cm³/mol. The number of hydrogen-bond donors (Lipinski definition) is 0. The van der Waals surface area contributed by atoms with Gasteiger partial charge in [0.05, 0.1) is 11.7 Å². The van der Waals surface area contributed by atoms with Crippen LogP contribution in [0.15, 0.2) is 41.9 Å². The van der Waals surface area contributed by atoms with Gasteiger partial charge in [0.1, 0.15) is 0 Å². The van der Waals surface area contributed by atoms with Crippen molar-refractivity contribution in [1.82, 2.24) is 14.8 Å². The normalized spacial score (nSPS) is 18.0. The van der Waals surface area contributed by atoms with Crippen LogP contribution in [0, 0.1) is 0 Å². The van der Waals surface area contributed by atoms with Gasteiger partial charge in [0.2, 0.25) is 5.91 Å². The van der Waals surface area contributed by atoms with Crippen LogP contribution in [-0.2, 0) is 11.3 Å². The van der Waals surface area contributed by atoms with E-state index in [1.165, 1.54) is 5.56 Å². The van der Waals surface area contributed by atoms with Gasteiger partial charge in [0, 0.05) is 30.2 Å². The SMILES string of the molecule is CN(C)Cc1ccc([C@H]2CCCN2C(=O)/C=C/c2cccs2)nc1. The number of thiophene rings is 1. The van der Waals surface area contributed by atoms with Crippen LogP contribution in [-0.4, -0.2) is 41.3 Å². The number of pyridine rings is 1. The van der Waals surface area contributed by atoms with Crippen molar-refractivity contribution < 1.29 is 4.79 Å². The number of likely N-dealkylation sites (tertiary alicyclic amines) is 1. The van der Waals surface area contributed by atoms with Gasteiger partial charge >= 0.3 is 0 Å². The van der Waals surface area contributed by atoms with E-state index in [0.29, 0.717) is 0 Å². The number of carbonyl (C=O) groups excluding carboxylic acids is 1. The highest BCUT2D eigenvalue weighted by Gasteiger charge is 2.29. The highest BCUT2D eigenvalue weighted by molar-refractivity contribution is 7.10. The van der Waals surface area contributed by atoms with E-state index >= 15 is 0 Å². The summed E-state index contributed by atoms with van der Waals surface area (Å²) >= 11 is 1.64. The molecule has 3 heterocycles. The van der Waals surface area contributed by atoms with E-state index in [0.717, 1.165) is 36.5 Å². The molecule has 0 radical (unpaired) electrons. The molecule has 0 aromatic carbocycles. The molecule has 0 spiro atoms. The molecule has 4 nitrogen and oxygen atoms in total. The number of rotatable bonds is 5. The van der Waals surface area contributed by atoms with Crippen molar-refractivity contribution in [2.24, 2.45) is 0 Å². The summed E-state index contributed by atoms with van der Waals surface area (Å²) in [5, 5.41) is 2.02. The van der Waals surface area contributed by atoms with Crippen LogP contribution < -0.4 is 0 Å². The molecule has 2 aromatic rings. The molecule has 1 atom stereocenters. The molecule has 1 aliphatic heterocycles. The third-order valence-corrected chi connectivity index (χ3v) is 4.99. The number of hydrogen-bond acceptors (Lipinski definition) is 4. The minimum Gasteiger partial charge on any atom is -0.331 e. The minimum absolute atomic E-state index is 0.0741. The van der Waals surface area contributed by atoms with Crippen molar-refractivity contribution in [2.75, 3.05) is 20.6 Å². The second-order valence-corrected chi connectivity index (χ2v) is 7.35. The van der Waals surface area contributed by atoms with Crippen LogP contribution in [0.3, 0.4) is 0 Å². The molecule has 0 N–H and O–H groups in total. The lowest BCUT2D eigenvalue weighted by molar-refractivity contribution is -0.126. The smallest absolute Gasteiger partial charge is 0.247 e. The molecule has 126 valence electrons. The Bertz CT molecular complexity index is 692. The maximum atomic E-state index is 12.5. The molecule has 1 fully saturated rings. The molecule has 0 bridgehead atoms. The lowest BCUT2D eigenvalue weighted by atomic mass is 10.1. The molecule has 2 aromatic heterocycles. The number of carbonyl (C=O) groups is 1. The standard InChI is InChI=1S/C19H23N3OS/c1-21(2)14-15-7-9-17(20-13-15)18-6-3-11-22(18)19(23)10-8-16-5-4-12-24-16/h4-5,7-10,12-13,18H,3,6,11,14H2,1-2H3/b10-8+/t18-/m1/s1. The monoisotopic (exact) mass is 341 g/mol. The lowest BCUT2D eigenvalue weighted by Crippen LogP contribution is -2.29. The highest BCUT2D eigenvalue weighted by Crippen LogP contribution is 2.31. The summed E-state index contributed by atoms with van der Waals surface area (Å²) in [6.07, 6.45) is 7.53. The fourth-order valence-electron chi connectivity index (χ4n) is 3.06. The third kappa shape index (κ3) is 4.10. The Morgan fingerprint density at radius 2 is 2.29 bits per heavy atom. The van der Waals surface area contributed by atoms with Crippen LogP contribution in [0.2, 0.25) is 0 Å². The first kappa shape index (κ1) is 16.9. The van der Waals surface area contributed by atoms with Gasteiger partial charge in [-0.25, -0.2) is 0 Å². The Morgan fingerprint density at radius 1 is 1.42 bits per heavy atom. The predicted octanol–water partition coefficient (Wildman–Crippen LogP) is 3.58. The van der Waals surface area contributed by atoms with E-state index < -0.39 is 0 Å². The van der Waals surface area contributed by atoms with E-state index in [1.54, 1.807) is 17.4 Å². The zero-order chi connectivity index (χ0) is 16.9. The van der Waals surface area contributed by atoms with Crippen LogP contribution in [0.1, 0.15) is 35.0 Å². The van der Waals surface area contributed by atoms with Crippen molar-refractivity contribution in [1.29, 1.82) is 0 Å². The zero-order valence-electron chi connectivity index (χ0n) is 14.2. The van der Waals surface area contributed by atoms with E-state index in [4.69, 9.17) is 0 Å². The van der Waals surface area contributed by atoms with Crippen molar-refractivity contribution in [2.45, 2.75) is 25.4 Å². The lowest BCUT2D eigenvalue weighted by Gasteiger charge is -2.23. The first-order valence-corrected chi connectivity index (χ1v) is 9.13. The van der Waals surface area contributed by atoms with Crippen molar-refractivity contribution in [3.8, 4) is 0 Å². The summed E-state index contributed by atoms with van der Waals surface area (Å²) < 4.78 is 0. The van der Waals surface area contributed by atoms with Crippen molar-refractivity contribution in [3.63, 3.8) is 0 Å². The molecular formula is C19H23N3OS. The van der Waals surface area contributed by atoms with E-state index in [2.05, 4.69) is 22.0 Å². The molecule has 1 amide bonds. The quantitative estimate of drug-likeness (QED) is 0.780. The zero-order valence-corrected chi connectivity index (χ0v) is 15.0. The van der Waals surface area contributed by atoms with Gasteiger partial charge in [0.25, 0.3) is 0 Å². The first-order valence-electron chi connectivity index (χ1n) is 8.25. The number of nitrogens with zero attached hydrogens (tertiary/aromatic N) is 3. The molecule has 24 heavy (non-hydrogen) atoms. The van der Waals surface area contributed by atoms with Gasteiger partial charge in [-0.15, -0.1) is 11.3 Å². The van der Waals surface area contributed by atoms with Crippen molar-refractivity contribution in [3.05, 3.63) is 58.1 Å². The van der Waals surface area contributed by atoms with Gasteiger partial charge in [-0.05, 0) is 56.1 Å².